The van der Waals surface area contributed by atoms with Gasteiger partial charge in [0.05, 0.1) is 10.6 Å². The number of carbonyl (C=O) groups is 1. The number of hydrogen-bond acceptors (Lipinski definition) is 2. The van der Waals surface area contributed by atoms with Crippen molar-refractivity contribution in [1.29, 1.82) is 0 Å². The van der Waals surface area contributed by atoms with Gasteiger partial charge in [-0.25, -0.2) is 0 Å². The van der Waals surface area contributed by atoms with Gasteiger partial charge in [-0.1, -0.05) is 30.9 Å². The molecule has 1 N–H and O–H groups in total. The van der Waals surface area contributed by atoms with Gasteiger partial charge in [-0.3, -0.25) is 9.78 Å². The first-order valence-electron chi connectivity index (χ1n) is 6.72. The van der Waals surface area contributed by atoms with Crippen molar-refractivity contribution in [3.8, 4) is 0 Å². The van der Waals surface area contributed by atoms with Gasteiger partial charge in [-0.05, 0) is 18.9 Å². The first kappa shape index (κ1) is 15.2. The Bertz CT molecular complexity index is 496. The van der Waals surface area contributed by atoms with Gasteiger partial charge >= 0.3 is 0 Å². The zero-order chi connectivity index (χ0) is 14.8. The van der Waals surface area contributed by atoms with Gasteiger partial charge in [0.1, 0.15) is 5.69 Å². The lowest BCUT2D eigenvalue weighted by atomic mass is 9.95. The Morgan fingerprint density at radius 1 is 1.40 bits per heavy atom. The molecule has 1 aliphatic rings. The summed E-state index contributed by atoms with van der Waals surface area (Å²) in [7, 11) is 0. The van der Waals surface area contributed by atoms with Gasteiger partial charge in [0, 0.05) is 19.2 Å². The summed E-state index contributed by atoms with van der Waals surface area (Å²) in [6.07, 6.45) is 6.16. The van der Waals surface area contributed by atoms with Gasteiger partial charge in [0.25, 0.3) is 11.8 Å². The zero-order valence-electron chi connectivity index (χ0n) is 11.3. The van der Waals surface area contributed by atoms with Crippen LogP contribution in [-0.2, 0) is 5.92 Å². The Labute approximate surface area is 121 Å². The van der Waals surface area contributed by atoms with Crippen molar-refractivity contribution in [3.05, 3.63) is 28.5 Å². The number of hydrogen-bond donors (Lipinski definition) is 1. The summed E-state index contributed by atoms with van der Waals surface area (Å²) in [5, 5.41) is 2.98. The summed E-state index contributed by atoms with van der Waals surface area (Å²) in [6.45, 7) is 0.723. The van der Waals surface area contributed by atoms with Gasteiger partial charge in [-0.2, -0.15) is 8.78 Å². The second kappa shape index (κ2) is 6.04. The molecular weight excluding hydrogens is 286 g/mol. The molecule has 3 nitrogen and oxygen atoms in total. The summed E-state index contributed by atoms with van der Waals surface area (Å²) in [4.78, 5) is 15.8. The molecule has 1 aliphatic carbocycles. The van der Waals surface area contributed by atoms with E-state index < -0.39 is 17.5 Å². The maximum absolute atomic E-state index is 13.5. The molecular formula is C14H17ClF2N2O. The molecule has 0 aliphatic heterocycles. The van der Waals surface area contributed by atoms with E-state index in [0.29, 0.717) is 0 Å². The van der Waals surface area contributed by atoms with Crippen molar-refractivity contribution in [2.24, 2.45) is 0 Å². The summed E-state index contributed by atoms with van der Waals surface area (Å²) in [5.41, 5.74) is -0.675. The minimum atomic E-state index is -3.18. The molecule has 0 saturated heterocycles. The van der Waals surface area contributed by atoms with Crippen molar-refractivity contribution in [2.75, 3.05) is 0 Å². The molecule has 1 heterocycles. The third-order valence-corrected chi connectivity index (χ3v) is 3.66. The fourth-order valence-electron chi connectivity index (χ4n) is 2.47. The van der Waals surface area contributed by atoms with Crippen LogP contribution >= 0.6 is 11.6 Å². The van der Waals surface area contributed by atoms with E-state index in [-0.39, 0.29) is 16.6 Å². The average molecular weight is 303 g/mol. The second-order valence-electron chi connectivity index (χ2n) is 5.25. The van der Waals surface area contributed by atoms with Crippen LogP contribution in [-0.4, -0.2) is 16.9 Å². The SMILES string of the molecule is CC(F)(F)c1ncc(Cl)cc1C(=O)NC1CCCCC1. The predicted molar refractivity (Wildman–Crippen MR) is 73.2 cm³/mol. The third-order valence-electron chi connectivity index (χ3n) is 3.46. The molecule has 20 heavy (non-hydrogen) atoms. The Morgan fingerprint density at radius 2 is 2.05 bits per heavy atom. The van der Waals surface area contributed by atoms with Crippen molar-refractivity contribution < 1.29 is 13.6 Å². The van der Waals surface area contributed by atoms with Crippen molar-refractivity contribution in [3.63, 3.8) is 0 Å². The molecule has 0 spiro atoms. The molecule has 1 aromatic rings. The number of aromatic nitrogens is 1. The molecule has 6 heteroatoms. The smallest absolute Gasteiger partial charge is 0.287 e. The lowest BCUT2D eigenvalue weighted by molar-refractivity contribution is 0.0116. The molecule has 0 atom stereocenters. The fraction of sp³-hybridized carbons (Fsp3) is 0.571. The van der Waals surface area contributed by atoms with Crippen LogP contribution in [0.2, 0.25) is 5.02 Å². The first-order chi connectivity index (χ1) is 9.38. The molecule has 0 bridgehead atoms. The van der Waals surface area contributed by atoms with Gasteiger partial charge in [0.2, 0.25) is 0 Å². The molecule has 1 amide bonds. The highest BCUT2D eigenvalue weighted by Crippen LogP contribution is 2.29. The Kier molecular flexibility index (Phi) is 4.58. The van der Waals surface area contributed by atoms with Crippen LogP contribution in [0.15, 0.2) is 12.3 Å². The number of carbonyl (C=O) groups excluding carboxylic acids is 1. The van der Waals surface area contributed by atoms with Crippen molar-refractivity contribution in [1.82, 2.24) is 10.3 Å². The lowest BCUT2D eigenvalue weighted by Gasteiger charge is -2.23. The van der Waals surface area contributed by atoms with Crippen LogP contribution in [0.5, 0.6) is 0 Å². The average Bonchev–Trinajstić information content (AvgIpc) is 2.38. The van der Waals surface area contributed by atoms with E-state index in [4.69, 9.17) is 11.6 Å². The minimum Gasteiger partial charge on any atom is -0.349 e. The third kappa shape index (κ3) is 3.66. The summed E-state index contributed by atoms with van der Waals surface area (Å²) < 4.78 is 27.0. The van der Waals surface area contributed by atoms with Crippen LogP contribution in [0.25, 0.3) is 0 Å². The fourth-order valence-corrected chi connectivity index (χ4v) is 2.63. The van der Waals surface area contributed by atoms with E-state index in [1.807, 2.05) is 0 Å². The maximum Gasteiger partial charge on any atom is 0.287 e. The monoisotopic (exact) mass is 302 g/mol. The molecule has 1 saturated carbocycles. The van der Waals surface area contributed by atoms with Crippen LogP contribution in [0.1, 0.15) is 55.1 Å². The van der Waals surface area contributed by atoms with Gasteiger partial charge in [-0.15, -0.1) is 0 Å². The standard InChI is InChI=1S/C14H17ClF2N2O/c1-14(16,17)12-11(7-9(15)8-18-12)13(20)19-10-5-3-2-4-6-10/h7-8,10H,2-6H2,1H3,(H,19,20). The minimum absolute atomic E-state index is 0.0496. The van der Waals surface area contributed by atoms with E-state index in [9.17, 15) is 13.6 Å². The maximum atomic E-state index is 13.5. The topological polar surface area (TPSA) is 42.0 Å². The number of amides is 1. The molecule has 0 radical (unpaired) electrons. The zero-order valence-corrected chi connectivity index (χ0v) is 12.0. The van der Waals surface area contributed by atoms with Crippen LogP contribution in [0, 0.1) is 0 Å². The number of rotatable bonds is 3. The predicted octanol–water partition coefficient (Wildman–Crippen LogP) is 3.91. The lowest BCUT2D eigenvalue weighted by Crippen LogP contribution is -2.37. The van der Waals surface area contributed by atoms with Crippen molar-refractivity contribution >= 4 is 17.5 Å². The van der Waals surface area contributed by atoms with Gasteiger partial charge < -0.3 is 5.32 Å². The summed E-state index contributed by atoms with van der Waals surface area (Å²) in [6, 6.07) is 1.30. The summed E-state index contributed by atoms with van der Waals surface area (Å²) in [5.74, 6) is -3.70. The van der Waals surface area contributed by atoms with E-state index in [2.05, 4.69) is 10.3 Å². The van der Waals surface area contributed by atoms with Crippen LogP contribution in [0.3, 0.4) is 0 Å². The molecule has 1 aromatic heterocycles. The highest BCUT2D eigenvalue weighted by atomic mass is 35.5. The molecule has 0 aromatic carbocycles. The largest absolute Gasteiger partial charge is 0.349 e. The highest BCUT2D eigenvalue weighted by molar-refractivity contribution is 6.30. The quantitative estimate of drug-likeness (QED) is 0.920. The normalized spacial score (nSPS) is 17.0. The van der Waals surface area contributed by atoms with Crippen LogP contribution < -0.4 is 5.32 Å². The highest BCUT2D eigenvalue weighted by Gasteiger charge is 2.32. The molecule has 110 valence electrons. The number of alkyl halides is 2. The van der Waals surface area contributed by atoms with E-state index >= 15 is 0 Å². The first-order valence-corrected chi connectivity index (χ1v) is 7.10. The Morgan fingerprint density at radius 3 is 2.65 bits per heavy atom. The number of pyridine rings is 1. The molecule has 0 unspecified atom stereocenters. The number of halogens is 3. The van der Waals surface area contributed by atoms with E-state index in [1.165, 1.54) is 6.07 Å². The second-order valence-corrected chi connectivity index (χ2v) is 5.68. The molecule has 1 fully saturated rings. The number of nitrogens with zero attached hydrogens (tertiary/aromatic N) is 1. The van der Waals surface area contributed by atoms with E-state index in [0.717, 1.165) is 45.2 Å². The molecule has 2 rings (SSSR count). The Hall–Kier alpha value is -1.23. The Balaban J connectivity index is 2.21. The van der Waals surface area contributed by atoms with Gasteiger partial charge in [0.15, 0.2) is 0 Å². The van der Waals surface area contributed by atoms with Crippen LogP contribution in [0.4, 0.5) is 8.78 Å². The van der Waals surface area contributed by atoms with E-state index in [1.54, 1.807) is 0 Å². The van der Waals surface area contributed by atoms with Crippen molar-refractivity contribution in [2.45, 2.75) is 51.0 Å². The number of nitrogens with one attached hydrogen (secondary N) is 1. The summed E-state index contributed by atoms with van der Waals surface area (Å²) >= 11 is 5.77.